The zero-order valence-electron chi connectivity index (χ0n) is 19.0. The van der Waals surface area contributed by atoms with Crippen LogP contribution in [-0.2, 0) is 19.1 Å². The fraction of sp³-hybridized carbons (Fsp3) is 0.320. The van der Waals surface area contributed by atoms with E-state index in [2.05, 4.69) is 10.3 Å². The van der Waals surface area contributed by atoms with E-state index in [0.717, 1.165) is 35.9 Å². The molecule has 2 fully saturated rings. The Bertz CT molecular complexity index is 1310. The molecule has 1 saturated carbocycles. The van der Waals surface area contributed by atoms with E-state index in [0.29, 0.717) is 15.7 Å². The third kappa shape index (κ3) is 4.55. The maximum Gasteiger partial charge on any atom is 0.339 e. The van der Waals surface area contributed by atoms with Crippen molar-refractivity contribution in [2.75, 3.05) is 23.1 Å². The number of fused-ring (bicyclic) bond motifs is 2. The summed E-state index contributed by atoms with van der Waals surface area (Å²) in [5, 5.41) is 2.74. The van der Waals surface area contributed by atoms with Crippen molar-refractivity contribution in [2.45, 2.75) is 30.0 Å². The number of nitrogens with one attached hydrogen (secondary N) is 1. The number of amides is 3. The normalized spacial score (nSPS) is 19.6. The molecule has 1 aliphatic carbocycles. The molecule has 2 aromatic carbocycles. The van der Waals surface area contributed by atoms with E-state index in [-0.39, 0.29) is 40.9 Å². The summed E-state index contributed by atoms with van der Waals surface area (Å²) in [6, 6.07) is 12.1. The van der Waals surface area contributed by atoms with Crippen LogP contribution in [0.25, 0.3) is 10.2 Å². The van der Waals surface area contributed by atoms with Crippen LogP contribution in [0.1, 0.15) is 36.0 Å². The van der Waals surface area contributed by atoms with Crippen molar-refractivity contribution in [1.29, 1.82) is 0 Å². The number of para-hydroxylation sites is 1. The molecule has 0 spiro atoms. The first-order valence-electron chi connectivity index (χ1n) is 11.3. The molecule has 2 aliphatic rings. The number of imide groups is 1. The zero-order valence-corrected chi connectivity index (χ0v) is 20.6. The Kier molecular flexibility index (Phi) is 6.57. The van der Waals surface area contributed by atoms with E-state index in [4.69, 9.17) is 4.74 Å². The standard InChI is InChI=1S/C25H23N3O5S2/c1-33-24(32)17-8-4-5-9-18(17)26-21(29)13-34-25-27-19-11-10-14(12-20(19)35-25)28-22(30)15-6-2-3-7-16(15)23(28)31/h4-5,8-12,15-16H,2-3,6-7,13H2,1H3,(H,26,29)/t15-,16+. The van der Waals surface area contributed by atoms with E-state index < -0.39 is 5.97 Å². The monoisotopic (exact) mass is 509 g/mol. The maximum absolute atomic E-state index is 12.9. The first-order valence-corrected chi connectivity index (χ1v) is 13.1. The second-order valence-corrected chi connectivity index (χ2v) is 10.8. The highest BCUT2D eigenvalue weighted by molar-refractivity contribution is 8.01. The minimum Gasteiger partial charge on any atom is -0.465 e. The summed E-state index contributed by atoms with van der Waals surface area (Å²) in [4.78, 5) is 56.2. The van der Waals surface area contributed by atoms with Gasteiger partial charge in [0.2, 0.25) is 17.7 Å². The Morgan fingerprint density at radius 3 is 2.54 bits per heavy atom. The van der Waals surface area contributed by atoms with Crippen LogP contribution in [0, 0.1) is 11.8 Å². The van der Waals surface area contributed by atoms with Gasteiger partial charge in [-0.1, -0.05) is 36.7 Å². The van der Waals surface area contributed by atoms with Crippen molar-refractivity contribution in [3.8, 4) is 0 Å². The molecular formula is C25H23N3O5S2. The van der Waals surface area contributed by atoms with Gasteiger partial charge in [0, 0.05) is 0 Å². The average molecular weight is 510 g/mol. The third-order valence-electron chi connectivity index (χ3n) is 6.38. The number of thiazole rings is 1. The summed E-state index contributed by atoms with van der Waals surface area (Å²) in [6.07, 6.45) is 3.54. The third-order valence-corrected chi connectivity index (χ3v) is 8.55. The number of esters is 1. The summed E-state index contributed by atoms with van der Waals surface area (Å²) >= 11 is 2.69. The van der Waals surface area contributed by atoms with Gasteiger partial charge in [-0.25, -0.2) is 9.78 Å². The van der Waals surface area contributed by atoms with E-state index >= 15 is 0 Å². The molecule has 3 amide bonds. The molecular weight excluding hydrogens is 486 g/mol. The van der Waals surface area contributed by atoms with E-state index in [1.54, 1.807) is 36.4 Å². The minimum atomic E-state index is -0.523. The van der Waals surface area contributed by atoms with Gasteiger partial charge in [-0.15, -0.1) is 11.3 Å². The molecule has 0 bridgehead atoms. The molecule has 180 valence electrons. The number of aromatic nitrogens is 1. The van der Waals surface area contributed by atoms with Crippen LogP contribution in [0.4, 0.5) is 11.4 Å². The lowest BCUT2D eigenvalue weighted by Crippen LogP contribution is -2.30. The van der Waals surface area contributed by atoms with Gasteiger partial charge >= 0.3 is 5.97 Å². The predicted octanol–water partition coefficient (Wildman–Crippen LogP) is 4.49. The number of rotatable bonds is 6. The molecule has 3 aromatic rings. The van der Waals surface area contributed by atoms with Crippen LogP contribution < -0.4 is 10.2 Å². The van der Waals surface area contributed by atoms with Crippen LogP contribution >= 0.6 is 23.1 Å². The number of anilines is 2. The Hall–Kier alpha value is -3.24. The van der Waals surface area contributed by atoms with Crippen molar-refractivity contribution >= 4 is 68.4 Å². The molecule has 35 heavy (non-hydrogen) atoms. The largest absolute Gasteiger partial charge is 0.465 e. The predicted molar refractivity (Wildman–Crippen MR) is 135 cm³/mol. The second kappa shape index (κ2) is 9.79. The first-order chi connectivity index (χ1) is 17.0. The van der Waals surface area contributed by atoms with Gasteiger partial charge in [-0.05, 0) is 43.2 Å². The van der Waals surface area contributed by atoms with Crippen LogP contribution in [0.2, 0.25) is 0 Å². The molecule has 2 heterocycles. The van der Waals surface area contributed by atoms with E-state index in [9.17, 15) is 19.2 Å². The molecule has 10 heteroatoms. The number of carbonyl (C=O) groups excluding carboxylic acids is 4. The van der Waals surface area contributed by atoms with Gasteiger partial charge in [0.15, 0.2) is 4.34 Å². The molecule has 0 unspecified atom stereocenters. The van der Waals surface area contributed by atoms with Crippen LogP contribution in [0.5, 0.6) is 0 Å². The summed E-state index contributed by atoms with van der Waals surface area (Å²) in [6.45, 7) is 0. The molecule has 2 atom stereocenters. The minimum absolute atomic E-state index is 0.0953. The number of methoxy groups -OCH3 is 1. The quantitative estimate of drug-likeness (QED) is 0.296. The number of benzene rings is 2. The van der Waals surface area contributed by atoms with E-state index in [1.807, 2.05) is 6.07 Å². The van der Waals surface area contributed by atoms with Gasteiger partial charge in [-0.2, -0.15) is 0 Å². The molecule has 5 rings (SSSR count). The molecule has 8 nitrogen and oxygen atoms in total. The van der Waals surface area contributed by atoms with Crippen molar-refractivity contribution in [2.24, 2.45) is 11.8 Å². The van der Waals surface area contributed by atoms with Crippen molar-refractivity contribution in [1.82, 2.24) is 4.98 Å². The highest BCUT2D eigenvalue weighted by Gasteiger charge is 2.48. The summed E-state index contributed by atoms with van der Waals surface area (Å²) in [5.41, 5.74) is 2.00. The van der Waals surface area contributed by atoms with Gasteiger partial charge in [0.05, 0.1) is 51.9 Å². The van der Waals surface area contributed by atoms with Crippen molar-refractivity contribution in [3.63, 3.8) is 0 Å². The van der Waals surface area contributed by atoms with Gasteiger partial charge in [-0.3, -0.25) is 19.3 Å². The molecule has 1 N–H and O–H groups in total. The number of nitrogens with zero attached hydrogens (tertiary/aromatic N) is 2. The summed E-state index contributed by atoms with van der Waals surface area (Å²) < 4.78 is 6.30. The van der Waals surface area contributed by atoms with E-state index in [1.165, 1.54) is 35.1 Å². The first kappa shape index (κ1) is 23.5. The number of hydrogen-bond donors (Lipinski definition) is 1. The van der Waals surface area contributed by atoms with Crippen LogP contribution in [-0.4, -0.2) is 41.5 Å². The number of thioether (sulfide) groups is 1. The number of hydrogen-bond acceptors (Lipinski definition) is 8. The van der Waals surface area contributed by atoms with Crippen molar-refractivity contribution < 1.29 is 23.9 Å². The highest BCUT2D eigenvalue weighted by atomic mass is 32.2. The molecule has 1 aliphatic heterocycles. The van der Waals surface area contributed by atoms with Crippen LogP contribution in [0.15, 0.2) is 46.8 Å². The van der Waals surface area contributed by atoms with Gasteiger partial charge < -0.3 is 10.1 Å². The lowest BCUT2D eigenvalue weighted by atomic mass is 9.81. The highest BCUT2D eigenvalue weighted by Crippen LogP contribution is 2.41. The second-order valence-electron chi connectivity index (χ2n) is 8.52. The lowest BCUT2D eigenvalue weighted by molar-refractivity contribution is -0.122. The fourth-order valence-corrected chi connectivity index (χ4v) is 6.60. The average Bonchev–Trinajstić information content (AvgIpc) is 3.40. The number of ether oxygens (including phenoxy) is 1. The topological polar surface area (TPSA) is 106 Å². The Labute approximate surface area is 210 Å². The zero-order chi connectivity index (χ0) is 24.5. The Morgan fingerprint density at radius 2 is 1.83 bits per heavy atom. The maximum atomic E-state index is 12.9. The SMILES string of the molecule is COC(=O)c1ccccc1NC(=O)CSc1nc2ccc(N3C(=O)[C@H]4CCCC[C@H]4C3=O)cc2s1. The number of carbonyl (C=O) groups is 4. The van der Waals surface area contributed by atoms with Gasteiger partial charge in [0.25, 0.3) is 0 Å². The smallest absolute Gasteiger partial charge is 0.339 e. The summed E-state index contributed by atoms with van der Waals surface area (Å²) in [5.74, 6) is -1.27. The Morgan fingerprint density at radius 1 is 1.11 bits per heavy atom. The lowest BCUT2D eigenvalue weighted by Gasteiger charge is -2.19. The van der Waals surface area contributed by atoms with Crippen molar-refractivity contribution in [3.05, 3.63) is 48.0 Å². The van der Waals surface area contributed by atoms with Gasteiger partial charge in [0.1, 0.15) is 0 Å². The van der Waals surface area contributed by atoms with Crippen LogP contribution in [0.3, 0.4) is 0 Å². The molecule has 1 saturated heterocycles. The summed E-state index contributed by atoms with van der Waals surface area (Å²) in [7, 11) is 1.29. The molecule has 0 radical (unpaired) electrons. The molecule has 1 aromatic heterocycles. The fourth-order valence-electron chi connectivity index (χ4n) is 4.70. The Balaban J connectivity index is 1.27.